The Hall–Kier alpha value is -3.17. The second-order valence-electron chi connectivity index (χ2n) is 11.6. The minimum Gasteiger partial charge on any atom is -0.446 e. The van der Waals surface area contributed by atoms with Crippen molar-refractivity contribution in [3.63, 3.8) is 0 Å². The summed E-state index contributed by atoms with van der Waals surface area (Å²) in [6.45, 7) is 4.07. The van der Waals surface area contributed by atoms with Crippen molar-refractivity contribution in [2.75, 3.05) is 56.7 Å². The van der Waals surface area contributed by atoms with E-state index in [1.54, 1.807) is 6.20 Å². The summed E-state index contributed by atoms with van der Waals surface area (Å²) in [6.07, 6.45) is 9.02. The predicted molar refractivity (Wildman–Crippen MR) is 165 cm³/mol. The maximum atomic E-state index is 11.5. The average molecular weight is 612 g/mol. The molecule has 12 heteroatoms. The lowest BCUT2D eigenvalue weighted by Gasteiger charge is -2.30. The molecule has 2 saturated carbocycles. The summed E-state index contributed by atoms with van der Waals surface area (Å²) >= 11 is 6.56. The number of halogens is 1. The van der Waals surface area contributed by atoms with Gasteiger partial charge < -0.3 is 35.5 Å². The molecule has 0 aromatic carbocycles. The van der Waals surface area contributed by atoms with Crippen molar-refractivity contribution in [1.82, 2.24) is 20.6 Å². The third kappa shape index (κ3) is 9.66. The van der Waals surface area contributed by atoms with Crippen LogP contribution in [-0.4, -0.2) is 80.3 Å². The zero-order valence-electron chi connectivity index (χ0n) is 24.6. The average Bonchev–Trinajstić information content (AvgIpc) is 3.86. The van der Waals surface area contributed by atoms with Gasteiger partial charge in [0.25, 0.3) is 0 Å². The van der Waals surface area contributed by atoms with E-state index in [-0.39, 0.29) is 12.2 Å². The number of pyridine rings is 2. The first-order chi connectivity index (χ1) is 21.0. The number of ether oxygens (including phenoxy) is 3. The molecule has 232 valence electrons. The van der Waals surface area contributed by atoms with Crippen LogP contribution in [0.4, 0.5) is 16.4 Å². The van der Waals surface area contributed by atoms with E-state index < -0.39 is 5.41 Å². The van der Waals surface area contributed by atoms with E-state index in [9.17, 15) is 10.1 Å². The summed E-state index contributed by atoms with van der Waals surface area (Å²) in [5.74, 6) is 1.49. The van der Waals surface area contributed by atoms with Crippen molar-refractivity contribution >= 4 is 29.3 Å². The van der Waals surface area contributed by atoms with Gasteiger partial charge in [0.05, 0.1) is 35.4 Å². The maximum Gasteiger partial charge on any atom is 0.407 e. The standard InChI is InChI=1S/C31H42ClN7O4/c32-26-19-36-29(18-25(26)27-2-1-3-28(39-27)37-21-31(20-33)10-14-41-15-11-31)38-23-6-4-22(5-7-23)34-12-16-42-17-13-35-30(40)43-24-8-9-24/h1-3,18-19,22-24,34H,4-17,21H2,(H,35,40)(H,36,38)(H,37,39). The van der Waals surface area contributed by atoms with Gasteiger partial charge in [-0.15, -0.1) is 0 Å². The van der Waals surface area contributed by atoms with Crippen molar-refractivity contribution < 1.29 is 19.0 Å². The van der Waals surface area contributed by atoms with E-state index in [1.165, 1.54) is 0 Å². The first-order valence-corrected chi connectivity index (χ1v) is 15.8. The monoisotopic (exact) mass is 611 g/mol. The minimum absolute atomic E-state index is 0.117. The largest absolute Gasteiger partial charge is 0.446 e. The summed E-state index contributed by atoms with van der Waals surface area (Å²) in [7, 11) is 0. The molecule has 3 fully saturated rings. The van der Waals surface area contributed by atoms with Crippen LogP contribution < -0.4 is 21.3 Å². The molecule has 1 saturated heterocycles. The third-order valence-corrected chi connectivity index (χ3v) is 8.55. The molecule has 0 radical (unpaired) electrons. The summed E-state index contributed by atoms with van der Waals surface area (Å²) in [4.78, 5) is 20.8. The first kappa shape index (κ1) is 31.3. The zero-order valence-corrected chi connectivity index (χ0v) is 25.3. The van der Waals surface area contributed by atoms with Crippen LogP contribution in [0.3, 0.4) is 0 Å². The molecule has 5 rings (SSSR count). The predicted octanol–water partition coefficient (Wildman–Crippen LogP) is 4.75. The molecule has 2 aliphatic carbocycles. The highest BCUT2D eigenvalue weighted by molar-refractivity contribution is 6.33. The molecule has 0 atom stereocenters. The Morgan fingerprint density at radius 1 is 1.07 bits per heavy atom. The molecule has 1 aliphatic heterocycles. The van der Waals surface area contributed by atoms with Crippen molar-refractivity contribution in [3.05, 3.63) is 35.5 Å². The molecule has 3 heterocycles. The normalized spacial score (nSPS) is 21.4. The Kier molecular flexibility index (Phi) is 11.3. The number of nitrogens with zero attached hydrogens (tertiary/aromatic N) is 3. The molecular weight excluding hydrogens is 570 g/mol. The van der Waals surface area contributed by atoms with Crippen LogP contribution in [-0.2, 0) is 14.2 Å². The fraction of sp³-hybridized carbons (Fsp3) is 0.613. The van der Waals surface area contributed by atoms with E-state index in [4.69, 9.17) is 30.8 Å². The molecular formula is C31H42ClN7O4. The molecule has 3 aliphatic rings. The van der Waals surface area contributed by atoms with Crippen LogP contribution in [0.15, 0.2) is 30.5 Å². The number of aromatic nitrogens is 2. The Morgan fingerprint density at radius 2 is 1.84 bits per heavy atom. The van der Waals surface area contributed by atoms with Crippen molar-refractivity contribution in [2.45, 2.75) is 69.6 Å². The van der Waals surface area contributed by atoms with Gasteiger partial charge >= 0.3 is 6.09 Å². The van der Waals surface area contributed by atoms with Crippen LogP contribution in [0.1, 0.15) is 51.4 Å². The van der Waals surface area contributed by atoms with Crippen LogP contribution in [0.25, 0.3) is 11.3 Å². The Bertz CT molecular complexity index is 1240. The number of hydrogen-bond acceptors (Lipinski definition) is 10. The Morgan fingerprint density at radius 3 is 2.60 bits per heavy atom. The number of carbonyl (C=O) groups excluding carboxylic acids is 1. The van der Waals surface area contributed by atoms with Crippen LogP contribution in [0.2, 0.25) is 5.02 Å². The summed E-state index contributed by atoms with van der Waals surface area (Å²) in [5.41, 5.74) is 1.13. The quantitative estimate of drug-likeness (QED) is 0.221. The van der Waals surface area contributed by atoms with Crippen molar-refractivity contribution in [1.29, 1.82) is 5.26 Å². The Labute approximate surface area is 258 Å². The van der Waals surface area contributed by atoms with Gasteiger partial charge in [-0.25, -0.2) is 14.8 Å². The van der Waals surface area contributed by atoms with Gasteiger partial charge in [-0.1, -0.05) is 17.7 Å². The first-order valence-electron chi connectivity index (χ1n) is 15.4. The molecule has 0 spiro atoms. The van der Waals surface area contributed by atoms with Crippen LogP contribution in [0.5, 0.6) is 0 Å². The van der Waals surface area contributed by atoms with E-state index in [2.05, 4.69) is 32.3 Å². The zero-order chi connectivity index (χ0) is 29.9. The lowest BCUT2D eigenvalue weighted by Crippen LogP contribution is -2.38. The highest BCUT2D eigenvalue weighted by Gasteiger charge is 2.32. The summed E-state index contributed by atoms with van der Waals surface area (Å²) in [5, 5.41) is 23.5. The van der Waals surface area contributed by atoms with Crippen LogP contribution >= 0.6 is 11.6 Å². The lowest BCUT2D eigenvalue weighted by atomic mass is 9.82. The van der Waals surface area contributed by atoms with Gasteiger partial charge in [0.1, 0.15) is 17.7 Å². The molecule has 0 bridgehead atoms. The topological polar surface area (TPSA) is 142 Å². The number of amides is 1. The molecule has 2 aromatic heterocycles. The number of nitrogens with one attached hydrogen (secondary N) is 4. The van der Waals surface area contributed by atoms with Gasteiger partial charge in [-0.2, -0.15) is 5.26 Å². The van der Waals surface area contributed by atoms with E-state index in [0.717, 1.165) is 62.1 Å². The lowest BCUT2D eigenvalue weighted by molar-refractivity contribution is 0.0455. The van der Waals surface area contributed by atoms with Gasteiger partial charge in [0.15, 0.2) is 0 Å². The number of carbonyl (C=O) groups is 1. The van der Waals surface area contributed by atoms with Crippen molar-refractivity contribution in [2.24, 2.45) is 5.41 Å². The Balaban J connectivity index is 1.03. The van der Waals surface area contributed by atoms with Gasteiger partial charge in [-0.3, -0.25) is 0 Å². The maximum absolute atomic E-state index is 11.5. The highest BCUT2D eigenvalue weighted by atomic mass is 35.5. The smallest absolute Gasteiger partial charge is 0.407 e. The molecule has 1 amide bonds. The van der Waals surface area contributed by atoms with Gasteiger partial charge in [-0.05, 0) is 69.6 Å². The van der Waals surface area contributed by atoms with E-state index >= 15 is 0 Å². The third-order valence-electron chi connectivity index (χ3n) is 8.25. The highest BCUT2D eigenvalue weighted by Crippen LogP contribution is 2.32. The molecule has 43 heavy (non-hydrogen) atoms. The van der Waals surface area contributed by atoms with E-state index in [1.807, 2.05) is 24.3 Å². The SMILES string of the molecule is N#CC1(CNc2cccc(-c3cc(NC4CCC(NCCOCCNC(=O)OC5CC5)CC4)ncc3Cl)n2)CCOCC1. The second kappa shape index (κ2) is 15.5. The minimum atomic E-state index is -0.436. The molecule has 4 N–H and O–H groups in total. The van der Waals surface area contributed by atoms with E-state index in [0.29, 0.717) is 75.3 Å². The van der Waals surface area contributed by atoms with Crippen LogP contribution in [0, 0.1) is 16.7 Å². The van der Waals surface area contributed by atoms with Crippen molar-refractivity contribution in [3.8, 4) is 17.3 Å². The number of nitriles is 1. The summed E-state index contributed by atoms with van der Waals surface area (Å²) in [6, 6.07) is 11.0. The van der Waals surface area contributed by atoms with Gasteiger partial charge in [0, 0.05) is 56.7 Å². The number of anilines is 2. The fourth-order valence-corrected chi connectivity index (χ4v) is 5.64. The van der Waals surface area contributed by atoms with Gasteiger partial charge in [0.2, 0.25) is 0 Å². The summed E-state index contributed by atoms with van der Waals surface area (Å²) < 4.78 is 16.2. The molecule has 0 unspecified atom stereocenters. The number of hydrogen-bond donors (Lipinski definition) is 4. The fourth-order valence-electron chi connectivity index (χ4n) is 5.44. The second-order valence-corrected chi connectivity index (χ2v) is 12.0. The molecule has 11 nitrogen and oxygen atoms in total. The number of rotatable bonds is 14. The molecule has 2 aromatic rings. The number of alkyl carbamates (subject to hydrolysis) is 1.